The minimum atomic E-state index is 0.552. The van der Waals surface area contributed by atoms with Gasteiger partial charge in [-0.2, -0.15) is 0 Å². The average Bonchev–Trinajstić information content (AvgIpc) is 3.77. The van der Waals surface area contributed by atoms with E-state index in [4.69, 9.17) is 19.4 Å². The first-order valence-corrected chi connectivity index (χ1v) is 17.3. The second kappa shape index (κ2) is 11.6. The molecule has 10 rings (SSSR count). The number of hydrogen-bond acceptors (Lipinski definition) is 6. The van der Waals surface area contributed by atoms with Gasteiger partial charge in [0.15, 0.2) is 17.5 Å². The summed E-state index contributed by atoms with van der Waals surface area (Å²) in [5.41, 5.74) is 8.50. The first-order chi connectivity index (χ1) is 24.8. The number of pyridine rings is 1. The van der Waals surface area contributed by atoms with Gasteiger partial charge in [-0.05, 0) is 53.1 Å². The van der Waals surface area contributed by atoms with E-state index in [1.54, 1.807) is 6.20 Å². The molecule has 0 aliphatic heterocycles. The minimum Gasteiger partial charge on any atom is -0.455 e. The Hall–Kier alpha value is -6.50. The lowest BCUT2D eigenvalue weighted by molar-refractivity contribution is 0.669. The van der Waals surface area contributed by atoms with Gasteiger partial charge in [0.05, 0.1) is 5.56 Å². The van der Waals surface area contributed by atoms with Crippen molar-refractivity contribution in [3.05, 3.63) is 158 Å². The van der Waals surface area contributed by atoms with Gasteiger partial charge in [-0.25, -0.2) is 15.0 Å². The van der Waals surface area contributed by atoms with E-state index >= 15 is 0 Å². The standard InChI is InChI=1S/C44H26N4OS/c1-2-10-27(11-3-1)42-46-43(30-13-8-12-28(24-30)31-14-9-23-45-26-31)48-44(47-42)36-22-21-32(40-35-16-4-6-17-37(35)49-41(36)40)29-19-20-34-33-15-5-7-18-38(33)50-39(34)25-29/h1-26H. The van der Waals surface area contributed by atoms with Gasteiger partial charge in [0.1, 0.15) is 11.2 Å². The number of rotatable bonds is 5. The van der Waals surface area contributed by atoms with Crippen LogP contribution in [0.25, 0.3) is 98.5 Å². The molecule has 0 bridgehead atoms. The molecule has 0 spiro atoms. The lowest BCUT2D eigenvalue weighted by Gasteiger charge is -2.11. The summed E-state index contributed by atoms with van der Waals surface area (Å²) in [4.78, 5) is 19.5. The number of fused-ring (bicyclic) bond motifs is 6. The van der Waals surface area contributed by atoms with Crippen LogP contribution in [0, 0.1) is 0 Å². The molecule has 0 unspecified atom stereocenters. The van der Waals surface area contributed by atoms with Crippen molar-refractivity contribution in [1.29, 1.82) is 0 Å². The zero-order valence-electron chi connectivity index (χ0n) is 26.6. The maximum Gasteiger partial charge on any atom is 0.167 e. The lowest BCUT2D eigenvalue weighted by Crippen LogP contribution is -2.00. The van der Waals surface area contributed by atoms with E-state index in [1.807, 2.05) is 78.2 Å². The zero-order valence-corrected chi connectivity index (χ0v) is 27.4. The van der Waals surface area contributed by atoms with Crippen molar-refractivity contribution in [2.24, 2.45) is 0 Å². The molecule has 50 heavy (non-hydrogen) atoms. The van der Waals surface area contributed by atoms with Crippen molar-refractivity contribution in [2.75, 3.05) is 0 Å². The van der Waals surface area contributed by atoms with Crippen molar-refractivity contribution in [3.63, 3.8) is 0 Å². The smallest absolute Gasteiger partial charge is 0.167 e. The molecule has 4 heterocycles. The number of thiophene rings is 1. The van der Waals surface area contributed by atoms with Gasteiger partial charge in [0, 0.05) is 60.0 Å². The highest BCUT2D eigenvalue weighted by atomic mass is 32.1. The second-order valence-electron chi connectivity index (χ2n) is 12.3. The predicted molar refractivity (Wildman–Crippen MR) is 205 cm³/mol. The molecule has 6 heteroatoms. The van der Waals surface area contributed by atoms with Gasteiger partial charge in [0.25, 0.3) is 0 Å². The SMILES string of the molecule is c1ccc(-c2nc(-c3cccc(-c4cccnc4)c3)nc(-c3ccc(-c4ccc5c(c4)sc4ccccc45)c4c3oc3ccccc34)n2)cc1. The van der Waals surface area contributed by atoms with E-state index in [0.717, 1.165) is 60.9 Å². The summed E-state index contributed by atoms with van der Waals surface area (Å²) >= 11 is 1.83. The van der Waals surface area contributed by atoms with Crippen LogP contribution in [0.1, 0.15) is 0 Å². The van der Waals surface area contributed by atoms with Gasteiger partial charge in [-0.3, -0.25) is 4.98 Å². The molecular formula is C44H26N4OS. The second-order valence-corrected chi connectivity index (χ2v) is 13.4. The van der Waals surface area contributed by atoms with Crippen molar-refractivity contribution in [2.45, 2.75) is 0 Å². The van der Waals surface area contributed by atoms with Crippen LogP contribution in [0.2, 0.25) is 0 Å². The van der Waals surface area contributed by atoms with Crippen LogP contribution < -0.4 is 0 Å². The number of hydrogen-bond donors (Lipinski definition) is 0. The maximum absolute atomic E-state index is 6.70. The van der Waals surface area contributed by atoms with E-state index in [1.165, 1.54) is 20.2 Å². The highest BCUT2D eigenvalue weighted by molar-refractivity contribution is 7.25. The molecule has 0 radical (unpaired) electrons. The zero-order chi connectivity index (χ0) is 33.0. The van der Waals surface area contributed by atoms with Gasteiger partial charge < -0.3 is 4.42 Å². The van der Waals surface area contributed by atoms with Crippen LogP contribution in [-0.4, -0.2) is 19.9 Å². The Bertz CT molecular complexity index is 2880. The Balaban J connectivity index is 1.19. The minimum absolute atomic E-state index is 0.552. The number of aromatic nitrogens is 4. The van der Waals surface area contributed by atoms with Crippen molar-refractivity contribution in [1.82, 2.24) is 19.9 Å². The number of para-hydroxylation sites is 1. The fourth-order valence-corrected chi connectivity index (χ4v) is 8.00. The molecule has 0 fully saturated rings. The summed E-state index contributed by atoms with van der Waals surface area (Å²) < 4.78 is 9.25. The number of furan rings is 1. The monoisotopic (exact) mass is 658 g/mol. The Morgan fingerprint density at radius 3 is 2.02 bits per heavy atom. The van der Waals surface area contributed by atoms with Gasteiger partial charge in [0.2, 0.25) is 0 Å². The van der Waals surface area contributed by atoms with Crippen molar-refractivity contribution < 1.29 is 4.42 Å². The topological polar surface area (TPSA) is 64.7 Å². The number of benzene rings is 6. The predicted octanol–water partition coefficient (Wildman–Crippen LogP) is 11.9. The molecule has 0 aliphatic rings. The molecule has 0 N–H and O–H groups in total. The van der Waals surface area contributed by atoms with E-state index in [-0.39, 0.29) is 0 Å². The molecule has 5 nitrogen and oxygen atoms in total. The quantitative estimate of drug-likeness (QED) is 0.184. The molecule has 0 saturated heterocycles. The van der Waals surface area contributed by atoms with Crippen LogP contribution in [0.3, 0.4) is 0 Å². The Morgan fingerprint density at radius 1 is 0.440 bits per heavy atom. The molecule has 0 aliphatic carbocycles. The van der Waals surface area contributed by atoms with E-state index < -0.39 is 0 Å². The van der Waals surface area contributed by atoms with Crippen LogP contribution >= 0.6 is 11.3 Å². The van der Waals surface area contributed by atoms with Gasteiger partial charge >= 0.3 is 0 Å². The van der Waals surface area contributed by atoms with Crippen LogP contribution in [-0.2, 0) is 0 Å². The molecule has 0 amide bonds. The van der Waals surface area contributed by atoms with E-state index in [0.29, 0.717) is 17.5 Å². The highest BCUT2D eigenvalue weighted by Crippen LogP contribution is 2.43. The van der Waals surface area contributed by atoms with Crippen LogP contribution in [0.15, 0.2) is 162 Å². The molecule has 234 valence electrons. The lowest BCUT2D eigenvalue weighted by atomic mass is 9.96. The Morgan fingerprint density at radius 2 is 1.14 bits per heavy atom. The summed E-state index contributed by atoms with van der Waals surface area (Å²) in [6.07, 6.45) is 3.65. The highest BCUT2D eigenvalue weighted by Gasteiger charge is 2.21. The summed E-state index contributed by atoms with van der Waals surface area (Å²) in [7, 11) is 0. The molecule has 0 atom stereocenters. The van der Waals surface area contributed by atoms with E-state index in [9.17, 15) is 0 Å². The summed E-state index contributed by atoms with van der Waals surface area (Å²) in [6.45, 7) is 0. The van der Waals surface area contributed by atoms with Gasteiger partial charge in [-0.15, -0.1) is 11.3 Å². The van der Waals surface area contributed by atoms with E-state index in [2.05, 4.69) is 89.9 Å². The normalized spacial score (nSPS) is 11.6. The van der Waals surface area contributed by atoms with Crippen LogP contribution in [0.5, 0.6) is 0 Å². The maximum atomic E-state index is 6.70. The Labute approximate surface area is 291 Å². The largest absolute Gasteiger partial charge is 0.455 e. The Kier molecular flexibility index (Phi) is 6.60. The molecule has 6 aromatic carbocycles. The molecule has 10 aromatic rings. The molecule has 0 saturated carbocycles. The summed E-state index contributed by atoms with van der Waals surface area (Å²) in [5.74, 6) is 1.74. The third kappa shape index (κ3) is 4.77. The third-order valence-corrected chi connectivity index (χ3v) is 10.4. The fraction of sp³-hybridized carbons (Fsp3) is 0. The third-order valence-electron chi connectivity index (χ3n) is 9.24. The summed E-state index contributed by atoms with van der Waals surface area (Å²) in [6, 6.07) is 50.2. The first-order valence-electron chi connectivity index (χ1n) is 16.5. The van der Waals surface area contributed by atoms with Crippen molar-refractivity contribution in [3.8, 4) is 56.4 Å². The van der Waals surface area contributed by atoms with Crippen molar-refractivity contribution >= 4 is 53.4 Å². The summed E-state index contributed by atoms with van der Waals surface area (Å²) in [5, 5.41) is 4.66. The first kappa shape index (κ1) is 28.5. The van der Waals surface area contributed by atoms with Gasteiger partial charge in [-0.1, -0.05) is 109 Å². The van der Waals surface area contributed by atoms with Crippen LogP contribution in [0.4, 0.5) is 0 Å². The number of nitrogens with zero attached hydrogens (tertiary/aromatic N) is 4. The average molecular weight is 659 g/mol. The molecule has 4 aromatic heterocycles. The fourth-order valence-electron chi connectivity index (χ4n) is 6.85. The molecular weight excluding hydrogens is 633 g/mol.